The van der Waals surface area contributed by atoms with Crippen molar-refractivity contribution in [1.82, 2.24) is 20.0 Å². The SMILES string of the molecule is O=C(NCc1nn(CCN2CCCC2)c(=O)c2ccccc12)C1CC1. The molecule has 0 atom stereocenters. The van der Waals surface area contributed by atoms with E-state index in [1.807, 2.05) is 24.3 Å². The average Bonchev–Trinajstić information content (AvgIpc) is 3.36. The molecular weight excluding hydrogens is 316 g/mol. The number of nitrogens with one attached hydrogen (secondary N) is 1. The molecule has 6 heteroatoms. The topological polar surface area (TPSA) is 67.2 Å². The Hall–Kier alpha value is -2.21. The second-order valence-electron chi connectivity index (χ2n) is 7.06. The fourth-order valence-electron chi connectivity index (χ4n) is 3.49. The van der Waals surface area contributed by atoms with Gasteiger partial charge in [0.15, 0.2) is 0 Å². The van der Waals surface area contributed by atoms with Crippen LogP contribution in [0.15, 0.2) is 29.1 Å². The highest BCUT2D eigenvalue weighted by Gasteiger charge is 2.29. The lowest BCUT2D eigenvalue weighted by molar-refractivity contribution is -0.122. The van der Waals surface area contributed by atoms with Crippen molar-refractivity contribution < 1.29 is 4.79 Å². The third-order valence-electron chi connectivity index (χ3n) is 5.15. The van der Waals surface area contributed by atoms with E-state index in [4.69, 9.17) is 0 Å². The first-order valence-corrected chi connectivity index (χ1v) is 9.21. The smallest absolute Gasteiger partial charge is 0.274 e. The van der Waals surface area contributed by atoms with Crippen LogP contribution in [0.5, 0.6) is 0 Å². The first-order chi connectivity index (χ1) is 12.2. The first kappa shape index (κ1) is 16.3. The summed E-state index contributed by atoms with van der Waals surface area (Å²) in [6.07, 6.45) is 4.43. The number of fused-ring (bicyclic) bond motifs is 1. The van der Waals surface area contributed by atoms with E-state index in [2.05, 4.69) is 15.3 Å². The van der Waals surface area contributed by atoms with Crippen LogP contribution in [0.1, 0.15) is 31.4 Å². The van der Waals surface area contributed by atoms with E-state index in [1.54, 1.807) is 4.68 Å². The van der Waals surface area contributed by atoms with Crippen LogP contribution in [0.25, 0.3) is 10.8 Å². The quantitative estimate of drug-likeness (QED) is 0.866. The van der Waals surface area contributed by atoms with Crippen LogP contribution in [0, 0.1) is 5.92 Å². The number of rotatable bonds is 6. The predicted molar refractivity (Wildman–Crippen MR) is 96.2 cm³/mol. The van der Waals surface area contributed by atoms with Crippen LogP contribution >= 0.6 is 0 Å². The van der Waals surface area contributed by atoms with E-state index in [-0.39, 0.29) is 17.4 Å². The van der Waals surface area contributed by atoms with Crippen LogP contribution in [0.3, 0.4) is 0 Å². The third kappa shape index (κ3) is 3.58. The van der Waals surface area contributed by atoms with Crippen LogP contribution in [-0.4, -0.2) is 40.2 Å². The molecule has 1 aromatic heterocycles. The van der Waals surface area contributed by atoms with Crippen LogP contribution in [-0.2, 0) is 17.9 Å². The minimum atomic E-state index is -0.0490. The molecule has 4 rings (SSSR count). The van der Waals surface area contributed by atoms with Crippen molar-refractivity contribution in [1.29, 1.82) is 0 Å². The number of nitrogens with zero attached hydrogens (tertiary/aromatic N) is 3. The molecule has 25 heavy (non-hydrogen) atoms. The van der Waals surface area contributed by atoms with Crippen molar-refractivity contribution in [2.24, 2.45) is 5.92 Å². The maximum absolute atomic E-state index is 12.7. The fourth-order valence-corrected chi connectivity index (χ4v) is 3.49. The maximum atomic E-state index is 12.7. The second-order valence-corrected chi connectivity index (χ2v) is 7.06. The molecule has 2 aliphatic rings. The molecule has 1 saturated carbocycles. The molecule has 6 nitrogen and oxygen atoms in total. The van der Waals surface area contributed by atoms with Gasteiger partial charge < -0.3 is 10.2 Å². The molecule has 132 valence electrons. The Morgan fingerprint density at radius 2 is 1.84 bits per heavy atom. The molecule has 2 fully saturated rings. The zero-order chi connectivity index (χ0) is 17.2. The maximum Gasteiger partial charge on any atom is 0.274 e. The number of aromatic nitrogens is 2. The fraction of sp³-hybridized carbons (Fsp3) is 0.526. The van der Waals surface area contributed by atoms with E-state index < -0.39 is 0 Å². The highest BCUT2D eigenvalue weighted by molar-refractivity contribution is 5.85. The van der Waals surface area contributed by atoms with Gasteiger partial charge in [-0.05, 0) is 44.8 Å². The molecule has 1 N–H and O–H groups in total. The number of hydrogen-bond donors (Lipinski definition) is 1. The van der Waals surface area contributed by atoms with Crippen molar-refractivity contribution in [2.75, 3.05) is 19.6 Å². The van der Waals surface area contributed by atoms with Crippen molar-refractivity contribution in [3.05, 3.63) is 40.3 Å². The Balaban J connectivity index is 1.59. The number of likely N-dealkylation sites (tertiary alicyclic amines) is 1. The summed E-state index contributed by atoms with van der Waals surface area (Å²) in [5, 5.41) is 9.06. The Bertz CT molecular complexity index is 835. The Kier molecular flexibility index (Phi) is 4.53. The van der Waals surface area contributed by atoms with Crippen LogP contribution in [0.2, 0.25) is 0 Å². The number of carbonyl (C=O) groups is 1. The monoisotopic (exact) mass is 340 g/mol. The summed E-state index contributed by atoms with van der Waals surface area (Å²) in [6.45, 7) is 4.02. The van der Waals surface area contributed by atoms with Gasteiger partial charge in [-0.15, -0.1) is 0 Å². The van der Waals surface area contributed by atoms with Gasteiger partial charge in [-0.1, -0.05) is 18.2 Å². The molecule has 2 heterocycles. The summed E-state index contributed by atoms with van der Waals surface area (Å²) in [6, 6.07) is 7.54. The summed E-state index contributed by atoms with van der Waals surface area (Å²) in [7, 11) is 0. The molecule has 1 saturated heterocycles. The molecule has 0 unspecified atom stereocenters. The van der Waals surface area contributed by atoms with Gasteiger partial charge in [-0.2, -0.15) is 5.10 Å². The number of benzene rings is 1. The lowest BCUT2D eigenvalue weighted by Crippen LogP contribution is -2.33. The highest BCUT2D eigenvalue weighted by Crippen LogP contribution is 2.28. The Morgan fingerprint density at radius 1 is 1.12 bits per heavy atom. The predicted octanol–water partition coefficient (Wildman–Crippen LogP) is 1.52. The van der Waals surface area contributed by atoms with Crippen molar-refractivity contribution in [3.8, 4) is 0 Å². The van der Waals surface area contributed by atoms with E-state index in [1.165, 1.54) is 12.8 Å². The van der Waals surface area contributed by atoms with E-state index in [9.17, 15) is 9.59 Å². The first-order valence-electron chi connectivity index (χ1n) is 9.21. The van der Waals surface area contributed by atoms with Gasteiger partial charge in [-0.3, -0.25) is 9.59 Å². The van der Waals surface area contributed by atoms with Gasteiger partial charge in [-0.25, -0.2) is 4.68 Å². The summed E-state index contributed by atoms with van der Waals surface area (Å²) in [5.41, 5.74) is 0.720. The van der Waals surface area contributed by atoms with Gasteiger partial charge in [0, 0.05) is 17.8 Å². The second kappa shape index (κ2) is 6.96. The average molecular weight is 340 g/mol. The molecule has 0 bridgehead atoms. The normalized spacial score (nSPS) is 17.9. The Morgan fingerprint density at radius 3 is 2.56 bits per heavy atom. The van der Waals surface area contributed by atoms with Gasteiger partial charge in [0.05, 0.1) is 24.2 Å². The van der Waals surface area contributed by atoms with Gasteiger partial charge in [0.2, 0.25) is 5.91 Å². The standard InChI is InChI=1S/C19H24N4O2/c24-18(14-7-8-14)20-13-17-15-5-1-2-6-16(15)19(25)23(21-17)12-11-22-9-3-4-10-22/h1-2,5-6,14H,3-4,7-13H2,(H,20,24). The zero-order valence-corrected chi connectivity index (χ0v) is 14.4. The summed E-state index contributed by atoms with van der Waals surface area (Å²) < 4.78 is 1.57. The largest absolute Gasteiger partial charge is 0.350 e. The minimum Gasteiger partial charge on any atom is -0.350 e. The van der Waals surface area contributed by atoms with E-state index in [0.717, 1.165) is 43.6 Å². The van der Waals surface area contributed by atoms with E-state index in [0.29, 0.717) is 18.5 Å². The molecule has 0 radical (unpaired) electrons. The molecule has 0 spiro atoms. The summed E-state index contributed by atoms with van der Waals surface area (Å²) in [4.78, 5) is 27.1. The third-order valence-corrected chi connectivity index (χ3v) is 5.15. The molecule has 1 aliphatic heterocycles. The van der Waals surface area contributed by atoms with Crippen LogP contribution < -0.4 is 10.9 Å². The lowest BCUT2D eigenvalue weighted by atomic mass is 10.1. The highest BCUT2D eigenvalue weighted by atomic mass is 16.2. The van der Waals surface area contributed by atoms with Gasteiger partial charge in [0.1, 0.15) is 0 Å². The number of hydrogen-bond acceptors (Lipinski definition) is 4. The van der Waals surface area contributed by atoms with Crippen molar-refractivity contribution in [2.45, 2.75) is 38.8 Å². The van der Waals surface area contributed by atoms with Gasteiger partial charge >= 0.3 is 0 Å². The van der Waals surface area contributed by atoms with E-state index >= 15 is 0 Å². The van der Waals surface area contributed by atoms with Crippen LogP contribution in [0.4, 0.5) is 0 Å². The summed E-state index contributed by atoms with van der Waals surface area (Å²) >= 11 is 0. The molecule has 1 amide bonds. The lowest BCUT2D eigenvalue weighted by Gasteiger charge is -2.16. The number of amides is 1. The summed E-state index contributed by atoms with van der Waals surface area (Å²) in [5.74, 6) is 0.271. The van der Waals surface area contributed by atoms with Crippen molar-refractivity contribution in [3.63, 3.8) is 0 Å². The minimum absolute atomic E-state index is 0.0490. The van der Waals surface area contributed by atoms with Gasteiger partial charge in [0.25, 0.3) is 5.56 Å². The zero-order valence-electron chi connectivity index (χ0n) is 14.4. The molecule has 1 aromatic carbocycles. The molecular formula is C19H24N4O2. The Labute approximate surface area is 146 Å². The molecule has 2 aromatic rings. The number of carbonyl (C=O) groups excluding carboxylic acids is 1. The van der Waals surface area contributed by atoms with Crippen molar-refractivity contribution >= 4 is 16.7 Å². The molecule has 1 aliphatic carbocycles.